The third-order valence-electron chi connectivity index (χ3n) is 6.93. The van der Waals surface area contributed by atoms with Gasteiger partial charge >= 0.3 is 6.18 Å². The Labute approximate surface area is 242 Å². The molecule has 1 aromatic carbocycles. The van der Waals surface area contributed by atoms with E-state index in [0.29, 0.717) is 29.9 Å². The number of benzene rings is 1. The first kappa shape index (κ1) is 29.0. The number of carbonyl (C=O) groups excluding carboxylic acids is 1. The van der Waals surface area contributed by atoms with Crippen molar-refractivity contribution in [3.05, 3.63) is 41.0 Å². The molecule has 0 spiro atoms. The summed E-state index contributed by atoms with van der Waals surface area (Å²) in [7, 11) is 2.84. The number of hydrogen-bond acceptors (Lipinski definition) is 9. The van der Waals surface area contributed by atoms with Crippen LogP contribution >= 0.6 is 23.2 Å². The number of aromatic nitrogens is 3. The van der Waals surface area contributed by atoms with E-state index >= 15 is 0 Å². The van der Waals surface area contributed by atoms with Gasteiger partial charge in [-0.1, -0.05) is 29.8 Å². The number of pyridine rings is 1. The van der Waals surface area contributed by atoms with Crippen LogP contribution in [0.5, 0.6) is 11.5 Å². The second-order valence-corrected chi connectivity index (χ2v) is 10.2. The molecule has 5 rings (SSSR count). The maximum atomic E-state index is 13.4. The van der Waals surface area contributed by atoms with Crippen molar-refractivity contribution in [2.75, 3.05) is 50.7 Å². The average Bonchev–Trinajstić information content (AvgIpc) is 3.33. The zero-order valence-corrected chi connectivity index (χ0v) is 23.4. The Kier molecular flexibility index (Phi) is 8.04. The smallest absolute Gasteiger partial charge is 0.395 e. The van der Waals surface area contributed by atoms with Gasteiger partial charge in [-0.05, 0) is 12.1 Å². The maximum absolute atomic E-state index is 13.4. The quantitative estimate of drug-likeness (QED) is 0.355. The van der Waals surface area contributed by atoms with Gasteiger partial charge in [0.1, 0.15) is 23.1 Å². The van der Waals surface area contributed by atoms with Crippen LogP contribution in [0, 0.1) is 5.92 Å². The van der Waals surface area contributed by atoms with E-state index < -0.39 is 12.1 Å². The molecule has 2 saturated heterocycles. The van der Waals surface area contributed by atoms with E-state index in [1.165, 1.54) is 37.5 Å². The van der Waals surface area contributed by atoms with Crippen LogP contribution in [0.15, 0.2) is 31.0 Å². The molecule has 41 heavy (non-hydrogen) atoms. The Bertz CT molecular complexity index is 1470. The lowest BCUT2D eigenvalue weighted by Gasteiger charge is -2.41. The van der Waals surface area contributed by atoms with Crippen molar-refractivity contribution in [3.8, 4) is 22.9 Å². The predicted molar refractivity (Wildman–Crippen MR) is 148 cm³/mol. The van der Waals surface area contributed by atoms with Crippen LogP contribution in [0.25, 0.3) is 22.3 Å². The summed E-state index contributed by atoms with van der Waals surface area (Å²) >= 11 is 13.2. The Morgan fingerprint density at radius 3 is 2.39 bits per heavy atom. The molecule has 2 atom stereocenters. The minimum Gasteiger partial charge on any atom is -0.495 e. The second kappa shape index (κ2) is 11.4. The van der Waals surface area contributed by atoms with Crippen molar-refractivity contribution in [1.29, 1.82) is 0 Å². The highest BCUT2D eigenvalue weighted by atomic mass is 35.5. The molecule has 2 aliphatic heterocycles. The third kappa shape index (κ3) is 5.66. The summed E-state index contributed by atoms with van der Waals surface area (Å²) in [6, 6.07) is 2.51. The van der Waals surface area contributed by atoms with Crippen LogP contribution in [0.1, 0.15) is 0 Å². The molecule has 0 radical (unpaired) electrons. The molecule has 0 bridgehead atoms. The van der Waals surface area contributed by atoms with Crippen molar-refractivity contribution < 1.29 is 32.2 Å². The highest BCUT2D eigenvalue weighted by Gasteiger charge is 2.48. The summed E-state index contributed by atoms with van der Waals surface area (Å²) in [6.45, 7) is 3.49. The van der Waals surface area contributed by atoms with Crippen LogP contribution < -0.4 is 25.0 Å². The number of ether oxygens (including phenoxy) is 3. The highest BCUT2D eigenvalue weighted by molar-refractivity contribution is 6.41. The molecule has 0 saturated carbocycles. The first-order chi connectivity index (χ1) is 19.5. The summed E-state index contributed by atoms with van der Waals surface area (Å²) in [6.07, 6.45) is -1.70. The highest BCUT2D eigenvalue weighted by Crippen LogP contribution is 2.46. The van der Waals surface area contributed by atoms with Crippen molar-refractivity contribution >= 4 is 51.6 Å². The van der Waals surface area contributed by atoms with E-state index in [1.54, 1.807) is 6.07 Å². The largest absolute Gasteiger partial charge is 0.495 e. The van der Waals surface area contributed by atoms with Gasteiger partial charge in [-0.2, -0.15) is 13.2 Å². The van der Waals surface area contributed by atoms with Gasteiger partial charge in [0.05, 0.1) is 72.8 Å². The van der Waals surface area contributed by atoms with E-state index in [2.05, 4.69) is 32.2 Å². The lowest BCUT2D eigenvalue weighted by Crippen LogP contribution is -2.53. The van der Waals surface area contributed by atoms with Crippen LogP contribution in [0.4, 0.5) is 24.8 Å². The monoisotopic (exact) mass is 612 g/mol. The minimum atomic E-state index is -4.34. The van der Waals surface area contributed by atoms with Crippen molar-refractivity contribution in [2.45, 2.75) is 18.3 Å². The molecule has 2 aliphatic rings. The van der Waals surface area contributed by atoms with Crippen LogP contribution in [0.2, 0.25) is 10.0 Å². The fourth-order valence-electron chi connectivity index (χ4n) is 4.66. The molecular weight excluding hydrogens is 588 g/mol. The molecule has 3 aromatic rings. The Morgan fingerprint density at radius 1 is 1.12 bits per heavy atom. The van der Waals surface area contributed by atoms with Crippen LogP contribution in [-0.4, -0.2) is 79.6 Å². The first-order valence-electron chi connectivity index (χ1n) is 12.4. The summed E-state index contributed by atoms with van der Waals surface area (Å²) in [5.41, 5.74) is 0.547. The molecule has 218 valence electrons. The number of nitrogens with zero attached hydrogens (tertiary/aromatic N) is 4. The van der Waals surface area contributed by atoms with Gasteiger partial charge in [-0.15, -0.1) is 0 Å². The second-order valence-electron chi connectivity index (χ2n) is 9.49. The molecule has 10 nitrogen and oxygen atoms in total. The standard InChI is InChI=1S/C26H25Cl2F3N6O4/c1-4-20(38)34-16-11-41-10-15(16)33-19-5-13-14(7-32-19)35-24(36-25(13)37-8-12(9-37)26(29,30)31)21-22(27)17(39-2)6-18(40-3)23(21)28/h4-7,12,15-16H,1,8-11H2,2-3H3,(H,32,33)(H,34,38)/t15-,16+/m1/s1. The van der Waals surface area contributed by atoms with E-state index in [0.717, 1.165) is 0 Å². The van der Waals surface area contributed by atoms with E-state index in [9.17, 15) is 18.0 Å². The number of nitrogens with one attached hydrogen (secondary N) is 2. The number of carbonyl (C=O) groups is 1. The molecule has 15 heteroatoms. The Balaban J connectivity index is 1.58. The number of amides is 1. The molecule has 0 aliphatic carbocycles. The van der Waals surface area contributed by atoms with E-state index in [-0.39, 0.29) is 69.8 Å². The van der Waals surface area contributed by atoms with E-state index in [1.807, 2.05) is 0 Å². The summed E-state index contributed by atoms with van der Waals surface area (Å²) < 4.78 is 56.3. The zero-order valence-electron chi connectivity index (χ0n) is 21.9. The Hall–Kier alpha value is -3.55. The lowest BCUT2D eigenvalue weighted by molar-refractivity contribution is -0.180. The van der Waals surface area contributed by atoms with Gasteiger partial charge in [0.2, 0.25) is 5.91 Å². The fourth-order valence-corrected chi connectivity index (χ4v) is 5.33. The van der Waals surface area contributed by atoms with Crippen molar-refractivity contribution in [3.63, 3.8) is 0 Å². The molecule has 2 N–H and O–H groups in total. The molecule has 2 aromatic heterocycles. The molecule has 1 amide bonds. The predicted octanol–water partition coefficient (Wildman–Crippen LogP) is 4.50. The Morgan fingerprint density at radius 2 is 1.78 bits per heavy atom. The van der Waals surface area contributed by atoms with E-state index in [4.69, 9.17) is 37.4 Å². The van der Waals surface area contributed by atoms with Crippen LogP contribution in [-0.2, 0) is 9.53 Å². The maximum Gasteiger partial charge on any atom is 0.395 e. The number of anilines is 2. The van der Waals surface area contributed by atoms with Gasteiger partial charge in [0.15, 0.2) is 5.82 Å². The minimum absolute atomic E-state index is 0.0639. The van der Waals surface area contributed by atoms with Gasteiger partial charge in [-0.3, -0.25) is 4.79 Å². The number of halogens is 5. The number of rotatable bonds is 8. The average molecular weight is 613 g/mol. The summed E-state index contributed by atoms with van der Waals surface area (Å²) in [5, 5.41) is 6.71. The molecular formula is C26H25Cl2F3N6O4. The zero-order chi connectivity index (χ0) is 29.5. The SMILES string of the molecule is C=CC(=O)N[C@H]1COC[C@H]1Nc1cc2c(N3CC(C(F)(F)F)C3)nc(-c3c(Cl)c(OC)cc(OC)c3Cl)nc2cn1. The van der Waals surface area contributed by atoms with Gasteiger partial charge in [0.25, 0.3) is 0 Å². The van der Waals surface area contributed by atoms with Gasteiger partial charge in [-0.25, -0.2) is 15.0 Å². The molecule has 2 fully saturated rings. The summed E-state index contributed by atoms with van der Waals surface area (Å²) in [4.78, 5) is 27.0. The first-order valence-corrected chi connectivity index (χ1v) is 13.2. The number of fused-ring (bicyclic) bond motifs is 1. The van der Waals surface area contributed by atoms with Crippen molar-refractivity contribution in [2.24, 2.45) is 5.92 Å². The number of alkyl halides is 3. The lowest BCUT2D eigenvalue weighted by atomic mass is 9.99. The van der Waals surface area contributed by atoms with Gasteiger partial charge in [0, 0.05) is 24.5 Å². The van der Waals surface area contributed by atoms with Gasteiger partial charge < -0.3 is 29.7 Å². The number of hydrogen-bond donors (Lipinski definition) is 2. The topological polar surface area (TPSA) is 111 Å². The number of methoxy groups -OCH3 is 2. The third-order valence-corrected chi connectivity index (χ3v) is 7.68. The van der Waals surface area contributed by atoms with Crippen molar-refractivity contribution in [1.82, 2.24) is 20.3 Å². The molecule has 0 unspecified atom stereocenters. The van der Waals surface area contributed by atoms with Crippen LogP contribution in [0.3, 0.4) is 0 Å². The summed E-state index contributed by atoms with van der Waals surface area (Å²) in [5.74, 6) is -0.615. The molecule has 4 heterocycles. The normalized spacial score (nSPS) is 19.1. The fraction of sp³-hybridized carbons (Fsp3) is 0.385.